The lowest BCUT2D eigenvalue weighted by atomic mass is 10.0. The van der Waals surface area contributed by atoms with Gasteiger partial charge in [0, 0.05) is 10.9 Å². The highest BCUT2D eigenvalue weighted by Gasteiger charge is 2.24. The van der Waals surface area contributed by atoms with E-state index in [1.807, 2.05) is 0 Å². The molecule has 0 radical (unpaired) electrons. The van der Waals surface area contributed by atoms with E-state index in [4.69, 9.17) is 5.73 Å². The molecular weight excluding hydrogens is 264 g/mol. The Hall–Kier alpha value is -0.380. The summed E-state index contributed by atoms with van der Waals surface area (Å²) in [6.45, 7) is 8.37. The fourth-order valence-corrected chi connectivity index (χ4v) is 2.34. The van der Waals surface area contributed by atoms with Gasteiger partial charge in [-0.15, -0.1) is 0 Å². The molecule has 0 aliphatic carbocycles. The Morgan fingerprint density at radius 3 is 2.12 bits per heavy atom. The summed E-state index contributed by atoms with van der Waals surface area (Å²) in [5, 5.41) is 0. The number of hydrogen-bond donors (Lipinski definition) is 1. The monoisotopic (exact) mass is 284 g/mol. The fraction of sp³-hybridized carbons (Fsp3) is 0.538. The van der Waals surface area contributed by atoms with E-state index in [-0.39, 0.29) is 5.66 Å². The van der Waals surface area contributed by atoms with Crippen molar-refractivity contribution in [3.63, 3.8) is 0 Å². The summed E-state index contributed by atoms with van der Waals surface area (Å²) in [4.78, 5) is 2.29. The minimum atomic E-state index is -0.267. The van der Waals surface area contributed by atoms with Gasteiger partial charge in [-0.05, 0) is 37.7 Å². The van der Waals surface area contributed by atoms with E-state index in [9.17, 15) is 0 Å². The second-order valence-corrected chi connectivity index (χ2v) is 5.25. The quantitative estimate of drug-likeness (QED) is 0.843. The molecule has 1 rings (SSSR count). The number of nitrogens with two attached hydrogens (primary N) is 1. The van der Waals surface area contributed by atoms with E-state index < -0.39 is 0 Å². The molecule has 2 nitrogen and oxygen atoms in total. The Balaban J connectivity index is 2.75. The van der Waals surface area contributed by atoms with Crippen LogP contribution in [0.5, 0.6) is 0 Å². The maximum absolute atomic E-state index is 6.37. The average Bonchev–Trinajstić information content (AvgIpc) is 2.22. The third-order valence-corrected chi connectivity index (χ3v) is 3.49. The van der Waals surface area contributed by atoms with E-state index in [1.54, 1.807) is 0 Å². The van der Waals surface area contributed by atoms with Crippen molar-refractivity contribution < 1.29 is 0 Å². The van der Waals surface area contributed by atoms with Crippen LogP contribution in [-0.2, 0) is 6.42 Å². The summed E-state index contributed by atoms with van der Waals surface area (Å²) in [5.41, 5.74) is 7.38. The highest BCUT2D eigenvalue weighted by molar-refractivity contribution is 9.10. The van der Waals surface area contributed by atoms with Crippen molar-refractivity contribution in [1.29, 1.82) is 0 Å². The molecular formula is C13H21BrN2. The molecule has 0 saturated carbocycles. The van der Waals surface area contributed by atoms with Gasteiger partial charge in [0.25, 0.3) is 0 Å². The van der Waals surface area contributed by atoms with Gasteiger partial charge < -0.3 is 5.73 Å². The third kappa shape index (κ3) is 3.58. The molecule has 1 aromatic carbocycles. The minimum Gasteiger partial charge on any atom is -0.313 e. The van der Waals surface area contributed by atoms with Crippen molar-refractivity contribution in [3.05, 3.63) is 34.3 Å². The molecule has 0 spiro atoms. The molecule has 0 amide bonds. The first-order valence-electron chi connectivity index (χ1n) is 5.78. The van der Waals surface area contributed by atoms with Gasteiger partial charge in [0.15, 0.2) is 0 Å². The molecule has 90 valence electrons. The predicted octanol–water partition coefficient (Wildman–Crippen LogP) is 3.01. The smallest absolute Gasteiger partial charge is 0.0699 e. The zero-order valence-electron chi connectivity index (χ0n) is 10.3. The lowest BCUT2D eigenvalue weighted by Crippen LogP contribution is -2.55. The molecule has 0 fully saturated rings. The summed E-state index contributed by atoms with van der Waals surface area (Å²) < 4.78 is 1.11. The SMILES string of the molecule is CCN(CC)C(C)(N)Cc1ccc(Br)cc1. The lowest BCUT2D eigenvalue weighted by molar-refractivity contribution is 0.123. The minimum absolute atomic E-state index is 0.267. The summed E-state index contributed by atoms with van der Waals surface area (Å²) in [6.07, 6.45) is 0.877. The first-order chi connectivity index (χ1) is 7.49. The fourth-order valence-electron chi connectivity index (χ4n) is 2.07. The van der Waals surface area contributed by atoms with Gasteiger partial charge in [-0.3, -0.25) is 4.90 Å². The summed E-state index contributed by atoms with van der Waals surface area (Å²) in [5.74, 6) is 0. The van der Waals surface area contributed by atoms with E-state index in [0.29, 0.717) is 0 Å². The standard InChI is InChI=1S/C13H21BrN2/c1-4-16(5-2)13(3,15)10-11-6-8-12(14)9-7-11/h6-9H,4-5,10,15H2,1-3H3. The van der Waals surface area contributed by atoms with Crippen LogP contribution in [0.25, 0.3) is 0 Å². The maximum Gasteiger partial charge on any atom is 0.0699 e. The van der Waals surface area contributed by atoms with Gasteiger partial charge in [0.05, 0.1) is 5.66 Å². The van der Waals surface area contributed by atoms with Crippen molar-refractivity contribution in [2.24, 2.45) is 5.73 Å². The average molecular weight is 285 g/mol. The van der Waals surface area contributed by atoms with Crippen LogP contribution in [0.4, 0.5) is 0 Å². The number of halogens is 1. The van der Waals surface area contributed by atoms with Crippen LogP contribution in [0.15, 0.2) is 28.7 Å². The summed E-state index contributed by atoms with van der Waals surface area (Å²) in [6, 6.07) is 8.37. The number of nitrogens with zero attached hydrogens (tertiary/aromatic N) is 1. The molecule has 1 atom stereocenters. The van der Waals surface area contributed by atoms with Gasteiger partial charge in [0.2, 0.25) is 0 Å². The normalized spacial score (nSPS) is 15.1. The Bertz CT molecular complexity index is 315. The van der Waals surface area contributed by atoms with Crippen molar-refractivity contribution in [2.45, 2.75) is 32.9 Å². The Kier molecular flexibility index (Phi) is 4.96. The van der Waals surface area contributed by atoms with Crippen LogP contribution in [0.1, 0.15) is 26.3 Å². The largest absolute Gasteiger partial charge is 0.313 e. The van der Waals surface area contributed by atoms with Gasteiger partial charge >= 0.3 is 0 Å². The second-order valence-electron chi connectivity index (χ2n) is 4.33. The van der Waals surface area contributed by atoms with Crippen molar-refractivity contribution >= 4 is 15.9 Å². The van der Waals surface area contributed by atoms with E-state index in [2.05, 4.69) is 65.9 Å². The van der Waals surface area contributed by atoms with Crippen LogP contribution in [0.3, 0.4) is 0 Å². The molecule has 0 heterocycles. The number of hydrogen-bond acceptors (Lipinski definition) is 2. The van der Waals surface area contributed by atoms with Gasteiger partial charge in [-0.2, -0.15) is 0 Å². The van der Waals surface area contributed by atoms with Crippen molar-refractivity contribution in [3.8, 4) is 0 Å². The van der Waals surface area contributed by atoms with Crippen LogP contribution in [-0.4, -0.2) is 23.7 Å². The molecule has 16 heavy (non-hydrogen) atoms. The topological polar surface area (TPSA) is 29.3 Å². The van der Waals surface area contributed by atoms with Crippen molar-refractivity contribution in [2.75, 3.05) is 13.1 Å². The maximum atomic E-state index is 6.37. The Labute approximate surface area is 107 Å². The van der Waals surface area contributed by atoms with E-state index in [1.165, 1.54) is 5.56 Å². The zero-order valence-corrected chi connectivity index (χ0v) is 11.9. The zero-order chi connectivity index (χ0) is 12.2. The molecule has 0 aliphatic rings. The number of likely N-dealkylation sites (N-methyl/N-ethyl adjacent to an activating group) is 1. The molecule has 1 unspecified atom stereocenters. The van der Waals surface area contributed by atoms with Crippen LogP contribution in [0, 0.1) is 0 Å². The molecule has 0 bridgehead atoms. The van der Waals surface area contributed by atoms with Gasteiger partial charge in [0.1, 0.15) is 0 Å². The molecule has 0 aliphatic heterocycles. The Morgan fingerprint density at radius 1 is 1.19 bits per heavy atom. The molecule has 0 aromatic heterocycles. The molecule has 1 aromatic rings. The predicted molar refractivity (Wildman–Crippen MR) is 73.4 cm³/mol. The number of benzene rings is 1. The van der Waals surface area contributed by atoms with Gasteiger partial charge in [-0.25, -0.2) is 0 Å². The van der Waals surface area contributed by atoms with Crippen molar-refractivity contribution in [1.82, 2.24) is 4.90 Å². The van der Waals surface area contributed by atoms with Crippen LogP contribution in [0.2, 0.25) is 0 Å². The first kappa shape index (κ1) is 13.7. The van der Waals surface area contributed by atoms with Crippen LogP contribution >= 0.6 is 15.9 Å². The van der Waals surface area contributed by atoms with Crippen LogP contribution < -0.4 is 5.73 Å². The van der Waals surface area contributed by atoms with E-state index in [0.717, 1.165) is 24.0 Å². The Morgan fingerprint density at radius 2 is 1.69 bits per heavy atom. The lowest BCUT2D eigenvalue weighted by Gasteiger charge is -2.37. The molecule has 3 heteroatoms. The second kappa shape index (κ2) is 5.80. The van der Waals surface area contributed by atoms with Gasteiger partial charge in [-0.1, -0.05) is 41.9 Å². The third-order valence-electron chi connectivity index (χ3n) is 2.96. The molecule has 0 saturated heterocycles. The summed E-state index contributed by atoms with van der Waals surface area (Å²) >= 11 is 3.44. The van der Waals surface area contributed by atoms with E-state index >= 15 is 0 Å². The number of rotatable bonds is 5. The first-order valence-corrected chi connectivity index (χ1v) is 6.57. The highest BCUT2D eigenvalue weighted by atomic mass is 79.9. The summed E-state index contributed by atoms with van der Waals surface area (Å²) in [7, 11) is 0. The highest BCUT2D eigenvalue weighted by Crippen LogP contribution is 2.17. The molecule has 2 N–H and O–H groups in total.